The summed E-state index contributed by atoms with van der Waals surface area (Å²) in [5.41, 5.74) is 2.14. The fraction of sp³-hybridized carbons (Fsp3) is 0.478. The van der Waals surface area contributed by atoms with Crippen molar-refractivity contribution in [2.24, 2.45) is 5.92 Å². The molecular weight excluding hydrogens is 409 g/mol. The zero-order chi connectivity index (χ0) is 21.5. The van der Waals surface area contributed by atoms with Crippen LogP contribution in [0.25, 0.3) is 0 Å². The van der Waals surface area contributed by atoms with Crippen molar-refractivity contribution in [3.05, 3.63) is 53.2 Å². The van der Waals surface area contributed by atoms with Gasteiger partial charge in [-0.25, -0.2) is 4.39 Å². The zero-order valence-electron chi connectivity index (χ0n) is 17.7. The van der Waals surface area contributed by atoms with Crippen LogP contribution in [0.4, 0.5) is 22.1 Å². The number of aromatic amines is 1. The number of aromatic nitrogens is 5. The summed E-state index contributed by atoms with van der Waals surface area (Å²) in [5.74, 6) is 3.49. The molecule has 9 heteroatoms. The molecule has 166 valence electrons. The van der Waals surface area contributed by atoms with Crippen molar-refractivity contribution in [1.29, 1.82) is 0 Å². The highest BCUT2D eigenvalue weighted by molar-refractivity contribution is 5.50. The Morgan fingerprint density at radius 3 is 2.47 bits per heavy atom. The van der Waals surface area contributed by atoms with Gasteiger partial charge in [0, 0.05) is 36.1 Å². The van der Waals surface area contributed by atoms with Crippen molar-refractivity contribution in [3.8, 4) is 0 Å². The number of H-pyrrole nitrogens is 1. The van der Waals surface area contributed by atoms with Crippen LogP contribution in [-0.4, -0.2) is 38.4 Å². The molecule has 0 amide bonds. The maximum absolute atomic E-state index is 13.5. The van der Waals surface area contributed by atoms with Gasteiger partial charge in [-0.15, -0.1) is 0 Å². The lowest BCUT2D eigenvalue weighted by Crippen LogP contribution is -2.23. The SMILES string of the molecule is Fc1ccc(C(Nc2nc(Nc3cc(C4CC4)[nH]n3)nc(C3CC3)n2)C2CCOC2)cc1. The van der Waals surface area contributed by atoms with Gasteiger partial charge >= 0.3 is 0 Å². The highest BCUT2D eigenvalue weighted by Crippen LogP contribution is 2.41. The number of nitrogens with zero attached hydrogens (tertiary/aromatic N) is 4. The van der Waals surface area contributed by atoms with Gasteiger partial charge in [0.2, 0.25) is 11.9 Å². The molecule has 2 saturated carbocycles. The number of rotatable bonds is 8. The third-order valence-corrected chi connectivity index (χ3v) is 6.40. The molecule has 3 fully saturated rings. The van der Waals surface area contributed by atoms with Crippen LogP contribution >= 0.6 is 0 Å². The Kier molecular flexibility index (Phi) is 4.98. The minimum Gasteiger partial charge on any atom is -0.381 e. The van der Waals surface area contributed by atoms with Crippen molar-refractivity contribution in [2.45, 2.75) is 50.0 Å². The van der Waals surface area contributed by atoms with Crippen molar-refractivity contribution < 1.29 is 9.13 Å². The maximum atomic E-state index is 13.5. The lowest BCUT2D eigenvalue weighted by Gasteiger charge is -2.24. The fourth-order valence-electron chi connectivity index (χ4n) is 4.25. The van der Waals surface area contributed by atoms with Gasteiger partial charge < -0.3 is 15.4 Å². The van der Waals surface area contributed by atoms with E-state index in [1.807, 2.05) is 18.2 Å². The molecule has 1 aromatic carbocycles. The van der Waals surface area contributed by atoms with E-state index in [1.54, 1.807) is 0 Å². The van der Waals surface area contributed by atoms with Crippen molar-refractivity contribution in [3.63, 3.8) is 0 Å². The number of nitrogens with one attached hydrogen (secondary N) is 3. The largest absolute Gasteiger partial charge is 0.381 e. The van der Waals surface area contributed by atoms with Crippen LogP contribution in [0.5, 0.6) is 0 Å². The van der Waals surface area contributed by atoms with Gasteiger partial charge in [0.05, 0.1) is 12.6 Å². The highest BCUT2D eigenvalue weighted by atomic mass is 19.1. The van der Waals surface area contributed by atoms with Gasteiger partial charge in [-0.3, -0.25) is 5.10 Å². The first-order valence-electron chi connectivity index (χ1n) is 11.4. The van der Waals surface area contributed by atoms with Crippen molar-refractivity contribution >= 4 is 17.7 Å². The topological polar surface area (TPSA) is 101 Å². The molecule has 6 rings (SSSR count). The summed E-state index contributed by atoms with van der Waals surface area (Å²) < 4.78 is 19.2. The first-order chi connectivity index (χ1) is 15.7. The summed E-state index contributed by atoms with van der Waals surface area (Å²) in [7, 11) is 0. The molecule has 8 nitrogen and oxygen atoms in total. The van der Waals surface area contributed by atoms with Gasteiger partial charge in [0.15, 0.2) is 5.82 Å². The first-order valence-corrected chi connectivity index (χ1v) is 11.4. The smallest absolute Gasteiger partial charge is 0.233 e. The molecule has 3 N–H and O–H groups in total. The molecule has 0 radical (unpaired) electrons. The summed E-state index contributed by atoms with van der Waals surface area (Å²) in [6.07, 6.45) is 5.54. The molecule has 32 heavy (non-hydrogen) atoms. The van der Waals surface area contributed by atoms with Gasteiger partial charge in [-0.1, -0.05) is 12.1 Å². The zero-order valence-corrected chi connectivity index (χ0v) is 17.7. The van der Waals surface area contributed by atoms with Crippen molar-refractivity contribution in [2.75, 3.05) is 23.8 Å². The quantitative estimate of drug-likeness (QED) is 0.481. The second-order valence-electron chi connectivity index (χ2n) is 9.02. The van der Waals surface area contributed by atoms with E-state index in [9.17, 15) is 4.39 Å². The van der Waals surface area contributed by atoms with Crippen LogP contribution in [0.15, 0.2) is 30.3 Å². The van der Waals surface area contributed by atoms with E-state index in [-0.39, 0.29) is 17.8 Å². The molecule has 3 aliphatic rings. The number of anilines is 3. The van der Waals surface area contributed by atoms with Crippen LogP contribution in [0.1, 0.15) is 67.1 Å². The fourth-order valence-corrected chi connectivity index (χ4v) is 4.25. The van der Waals surface area contributed by atoms with E-state index < -0.39 is 0 Å². The summed E-state index contributed by atoms with van der Waals surface area (Å²) in [6.45, 7) is 1.38. The third-order valence-electron chi connectivity index (χ3n) is 6.40. The Balaban J connectivity index is 1.28. The van der Waals surface area contributed by atoms with Crippen LogP contribution in [0, 0.1) is 11.7 Å². The molecule has 2 aliphatic carbocycles. The Bertz CT molecular complexity index is 1090. The molecular formula is C23H26FN7O. The minimum absolute atomic E-state index is 0.0766. The van der Waals surface area contributed by atoms with E-state index >= 15 is 0 Å². The lowest BCUT2D eigenvalue weighted by atomic mass is 9.92. The summed E-state index contributed by atoms with van der Waals surface area (Å²) >= 11 is 0. The lowest BCUT2D eigenvalue weighted by molar-refractivity contribution is 0.182. The van der Waals surface area contributed by atoms with E-state index in [1.165, 1.54) is 25.0 Å². The Morgan fingerprint density at radius 2 is 1.75 bits per heavy atom. The predicted octanol–water partition coefficient (Wildman–Crippen LogP) is 4.42. The molecule has 2 atom stereocenters. The molecule has 0 spiro atoms. The maximum Gasteiger partial charge on any atom is 0.233 e. The summed E-state index contributed by atoms with van der Waals surface area (Å²) in [4.78, 5) is 14.0. The molecule has 0 bridgehead atoms. The molecule has 1 saturated heterocycles. The van der Waals surface area contributed by atoms with Crippen LogP contribution in [0.3, 0.4) is 0 Å². The summed E-state index contributed by atoms with van der Waals surface area (Å²) in [6, 6.07) is 8.57. The number of hydrogen-bond acceptors (Lipinski definition) is 7. The molecule has 1 aliphatic heterocycles. The Morgan fingerprint density at radius 1 is 0.969 bits per heavy atom. The summed E-state index contributed by atoms with van der Waals surface area (Å²) in [5, 5.41) is 14.2. The first kappa shape index (κ1) is 19.6. The van der Waals surface area contributed by atoms with E-state index in [0.717, 1.165) is 43.0 Å². The minimum atomic E-state index is -0.248. The van der Waals surface area contributed by atoms with Crippen LogP contribution in [0.2, 0.25) is 0 Å². The second kappa shape index (κ2) is 8.12. The Hall–Kier alpha value is -3.07. The van der Waals surface area contributed by atoms with E-state index in [4.69, 9.17) is 9.72 Å². The standard InChI is InChI=1S/C23H26FN7O/c24-17-7-5-14(6-8-17)20(16-9-10-32-12-16)26-23-28-21(15-3-4-15)27-22(29-23)25-19-11-18(30-31-19)13-1-2-13/h5-8,11,13,15-16,20H,1-4,9-10,12H2,(H3,25,26,27,28,29,30,31). The van der Waals surface area contributed by atoms with Gasteiger partial charge in [-0.2, -0.15) is 20.1 Å². The molecule has 2 unspecified atom stereocenters. The average Bonchev–Trinajstić information content (AvgIpc) is 3.73. The molecule has 3 heterocycles. The van der Waals surface area contributed by atoms with Crippen molar-refractivity contribution in [1.82, 2.24) is 25.1 Å². The monoisotopic (exact) mass is 435 g/mol. The predicted molar refractivity (Wildman–Crippen MR) is 117 cm³/mol. The third kappa shape index (κ3) is 4.29. The van der Waals surface area contributed by atoms with Crippen LogP contribution in [-0.2, 0) is 4.74 Å². The van der Waals surface area contributed by atoms with Gasteiger partial charge in [0.1, 0.15) is 11.6 Å². The number of benzene rings is 1. The number of hydrogen-bond donors (Lipinski definition) is 3. The van der Waals surface area contributed by atoms with Crippen LogP contribution < -0.4 is 10.6 Å². The van der Waals surface area contributed by atoms with E-state index in [0.29, 0.717) is 36.2 Å². The molecule has 3 aromatic rings. The normalized spacial score (nSPS) is 21.5. The van der Waals surface area contributed by atoms with Gasteiger partial charge in [0.25, 0.3) is 0 Å². The highest BCUT2D eigenvalue weighted by Gasteiger charge is 2.31. The number of halogens is 1. The van der Waals surface area contributed by atoms with E-state index in [2.05, 4.69) is 30.8 Å². The molecule has 2 aromatic heterocycles. The second-order valence-corrected chi connectivity index (χ2v) is 9.02. The van der Waals surface area contributed by atoms with Gasteiger partial charge in [-0.05, 0) is 49.8 Å². The Labute approximate surface area is 185 Å². The number of ether oxygens (including phenoxy) is 1. The average molecular weight is 436 g/mol.